The van der Waals surface area contributed by atoms with E-state index in [0.29, 0.717) is 11.1 Å². The summed E-state index contributed by atoms with van der Waals surface area (Å²) in [6.07, 6.45) is 0.614. The van der Waals surface area contributed by atoms with Gasteiger partial charge in [-0.2, -0.15) is 0 Å². The van der Waals surface area contributed by atoms with Crippen LogP contribution in [0.1, 0.15) is 38.9 Å². The van der Waals surface area contributed by atoms with Gasteiger partial charge < -0.3 is 29.2 Å². The average molecular weight is 306 g/mol. The first kappa shape index (κ1) is 14.4. The van der Waals surface area contributed by atoms with Gasteiger partial charge in [0, 0.05) is 18.2 Å². The van der Waals surface area contributed by atoms with Crippen molar-refractivity contribution in [2.45, 2.75) is 12.7 Å². The molecule has 0 bridgehead atoms. The molecule has 0 saturated carbocycles. The number of aromatic hydroxyl groups is 2. The van der Waals surface area contributed by atoms with E-state index in [1.807, 2.05) is 0 Å². The van der Waals surface area contributed by atoms with Gasteiger partial charge in [0.25, 0.3) is 0 Å². The van der Waals surface area contributed by atoms with Crippen LogP contribution in [0.25, 0.3) is 0 Å². The van der Waals surface area contributed by atoms with Crippen LogP contribution in [-0.4, -0.2) is 35.3 Å². The second kappa shape index (κ2) is 5.04. The van der Waals surface area contributed by atoms with Crippen LogP contribution < -0.4 is 4.74 Å². The van der Waals surface area contributed by atoms with Gasteiger partial charge in [-0.1, -0.05) is 0 Å². The molecule has 3 N–H and O–H groups in total. The lowest BCUT2D eigenvalue weighted by molar-refractivity contribution is 0.0978. The lowest BCUT2D eigenvalue weighted by Crippen LogP contribution is -2.20. The number of carbonyl (C=O) groups is 1. The van der Waals surface area contributed by atoms with Crippen LogP contribution in [0.15, 0.2) is 16.7 Å². The van der Waals surface area contributed by atoms with Gasteiger partial charge in [-0.25, -0.2) is 0 Å². The Bertz CT molecular complexity index is 760. The van der Waals surface area contributed by atoms with Gasteiger partial charge in [0.05, 0.1) is 24.5 Å². The number of carbonyl (C=O) groups excluding carboxylic acids is 1. The Hall–Kier alpha value is -2.51. The fraction of sp³-hybridized carbons (Fsp3) is 0.267. The molecule has 7 nitrogen and oxygen atoms in total. The SMILES string of the molecule is COc1c(O)cc2c(c1O)C(=O)c1c(coc1CO)[C@@H]2OC. The number of benzene rings is 1. The monoisotopic (exact) mass is 306 g/mol. The third-order valence-electron chi connectivity index (χ3n) is 3.76. The Morgan fingerprint density at radius 1 is 1.23 bits per heavy atom. The van der Waals surface area contributed by atoms with Crippen molar-refractivity contribution < 1.29 is 34.0 Å². The van der Waals surface area contributed by atoms with Crippen LogP contribution in [0.2, 0.25) is 0 Å². The topological polar surface area (TPSA) is 109 Å². The highest BCUT2D eigenvalue weighted by Gasteiger charge is 2.39. The smallest absolute Gasteiger partial charge is 0.203 e. The normalized spacial score (nSPS) is 16.3. The molecule has 1 aliphatic rings. The molecular formula is C15H14O7. The third kappa shape index (κ3) is 1.73. The summed E-state index contributed by atoms with van der Waals surface area (Å²) in [5.74, 6) is -1.39. The number of rotatable bonds is 3. The number of phenols is 2. The lowest BCUT2D eigenvalue weighted by Gasteiger charge is -2.25. The van der Waals surface area contributed by atoms with E-state index in [2.05, 4.69) is 0 Å². The minimum Gasteiger partial charge on any atom is -0.504 e. The maximum absolute atomic E-state index is 12.7. The molecule has 0 aliphatic heterocycles. The van der Waals surface area contributed by atoms with E-state index in [1.54, 1.807) is 0 Å². The van der Waals surface area contributed by atoms with Gasteiger partial charge in [0.15, 0.2) is 11.5 Å². The second-order valence-electron chi connectivity index (χ2n) is 4.83. The lowest BCUT2D eigenvalue weighted by atomic mass is 9.83. The number of ether oxygens (including phenoxy) is 2. The van der Waals surface area contributed by atoms with Crippen LogP contribution in [-0.2, 0) is 11.3 Å². The number of fused-ring (bicyclic) bond motifs is 2. The molecule has 1 aromatic carbocycles. The van der Waals surface area contributed by atoms with Crippen LogP contribution in [0, 0.1) is 0 Å². The fourth-order valence-electron chi connectivity index (χ4n) is 2.83. The Morgan fingerprint density at radius 2 is 1.95 bits per heavy atom. The zero-order chi connectivity index (χ0) is 16.0. The van der Waals surface area contributed by atoms with Crippen LogP contribution in [0.5, 0.6) is 17.2 Å². The molecular weight excluding hydrogens is 292 g/mol. The summed E-state index contributed by atoms with van der Waals surface area (Å²) in [4.78, 5) is 12.7. The summed E-state index contributed by atoms with van der Waals surface area (Å²) < 4.78 is 15.5. The number of hydrogen-bond donors (Lipinski definition) is 3. The zero-order valence-corrected chi connectivity index (χ0v) is 11.9. The minimum absolute atomic E-state index is 0.0369. The number of furan rings is 1. The summed E-state index contributed by atoms with van der Waals surface area (Å²) in [7, 11) is 2.70. The van der Waals surface area contributed by atoms with E-state index < -0.39 is 24.2 Å². The summed E-state index contributed by atoms with van der Waals surface area (Å²) >= 11 is 0. The van der Waals surface area contributed by atoms with Crippen molar-refractivity contribution in [1.29, 1.82) is 0 Å². The molecule has 0 saturated heterocycles. The van der Waals surface area contributed by atoms with Gasteiger partial charge in [0.1, 0.15) is 18.5 Å². The standard InChI is InChI=1S/C15H14O7/c1-20-14-6-3-8(17)15(21-2)13(19)11(6)12(18)10-7(14)5-22-9(10)4-16/h3,5,14,16-17,19H,4H2,1-2H3/t14-/m1/s1. The molecule has 1 heterocycles. The average Bonchev–Trinajstić information content (AvgIpc) is 2.92. The van der Waals surface area contributed by atoms with Crippen LogP contribution in [0.3, 0.4) is 0 Å². The first-order valence-corrected chi connectivity index (χ1v) is 6.46. The van der Waals surface area contributed by atoms with Crippen molar-refractivity contribution in [2.24, 2.45) is 0 Å². The number of methoxy groups -OCH3 is 2. The Labute approximate surface area is 125 Å². The van der Waals surface area contributed by atoms with E-state index in [1.165, 1.54) is 26.5 Å². The predicted molar refractivity (Wildman–Crippen MR) is 73.2 cm³/mol. The number of hydrogen-bond acceptors (Lipinski definition) is 7. The quantitative estimate of drug-likeness (QED) is 0.787. The molecule has 2 aromatic rings. The molecule has 1 aliphatic carbocycles. The molecule has 0 amide bonds. The highest BCUT2D eigenvalue weighted by atomic mass is 16.5. The van der Waals surface area contributed by atoms with Crippen LogP contribution >= 0.6 is 0 Å². The Kier molecular flexibility index (Phi) is 3.31. The maximum atomic E-state index is 12.7. The fourth-order valence-corrected chi connectivity index (χ4v) is 2.83. The van der Waals surface area contributed by atoms with E-state index in [-0.39, 0.29) is 28.4 Å². The van der Waals surface area contributed by atoms with Gasteiger partial charge in [-0.15, -0.1) is 0 Å². The largest absolute Gasteiger partial charge is 0.504 e. The minimum atomic E-state index is -0.713. The number of phenolic OH excluding ortho intramolecular Hbond substituents is 2. The summed E-state index contributed by atoms with van der Waals surface area (Å²) in [5.41, 5.74) is 0.865. The molecule has 7 heteroatoms. The molecule has 3 rings (SSSR count). The molecule has 1 aromatic heterocycles. The molecule has 1 atom stereocenters. The predicted octanol–water partition coefficient (Wildman–Crippen LogP) is 1.47. The highest BCUT2D eigenvalue weighted by Crippen LogP contribution is 2.49. The van der Waals surface area contributed by atoms with Gasteiger partial charge in [0.2, 0.25) is 11.5 Å². The molecule has 0 radical (unpaired) electrons. The van der Waals surface area contributed by atoms with Crippen molar-refractivity contribution >= 4 is 5.78 Å². The van der Waals surface area contributed by atoms with Crippen molar-refractivity contribution in [3.63, 3.8) is 0 Å². The maximum Gasteiger partial charge on any atom is 0.203 e. The molecule has 22 heavy (non-hydrogen) atoms. The number of aliphatic hydroxyl groups is 1. The van der Waals surface area contributed by atoms with E-state index in [9.17, 15) is 20.1 Å². The van der Waals surface area contributed by atoms with Crippen molar-refractivity contribution in [2.75, 3.05) is 14.2 Å². The van der Waals surface area contributed by atoms with Crippen molar-refractivity contribution in [3.8, 4) is 17.2 Å². The van der Waals surface area contributed by atoms with Gasteiger partial charge >= 0.3 is 0 Å². The summed E-state index contributed by atoms with van der Waals surface area (Å²) in [5, 5.41) is 29.5. The molecule has 116 valence electrons. The Balaban J connectivity index is 2.33. The van der Waals surface area contributed by atoms with Crippen molar-refractivity contribution in [3.05, 3.63) is 40.3 Å². The summed E-state index contributed by atoms with van der Waals surface area (Å²) in [6, 6.07) is 1.31. The number of aliphatic hydroxyl groups excluding tert-OH is 1. The van der Waals surface area contributed by atoms with E-state index >= 15 is 0 Å². The highest BCUT2D eigenvalue weighted by molar-refractivity contribution is 6.15. The first-order chi connectivity index (χ1) is 10.5. The second-order valence-corrected chi connectivity index (χ2v) is 4.83. The first-order valence-electron chi connectivity index (χ1n) is 6.46. The molecule has 0 unspecified atom stereocenters. The third-order valence-corrected chi connectivity index (χ3v) is 3.76. The zero-order valence-electron chi connectivity index (χ0n) is 11.9. The molecule has 0 fully saturated rings. The van der Waals surface area contributed by atoms with Crippen LogP contribution in [0.4, 0.5) is 0 Å². The summed E-state index contributed by atoms with van der Waals surface area (Å²) in [6.45, 7) is -0.456. The van der Waals surface area contributed by atoms with E-state index in [4.69, 9.17) is 13.9 Å². The number of ketones is 1. The molecule has 0 spiro atoms. The van der Waals surface area contributed by atoms with E-state index in [0.717, 1.165) is 0 Å². The van der Waals surface area contributed by atoms with Crippen molar-refractivity contribution in [1.82, 2.24) is 0 Å². The Morgan fingerprint density at radius 3 is 2.55 bits per heavy atom. The van der Waals surface area contributed by atoms with Gasteiger partial charge in [-0.3, -0.25) is 4.79 Å². The van der Waals surface area contributed by atoms with Gasteiger partial charge in [-0.05, 0) is 6.07 Å².